The summed E-state index contributed by atoms with van der Waals surface area (Å²) in [7, 11) is 1.51. The molecule has 5 aromatic rings. The number of benzene rings is 2. The first-order chi connectivity index (χ1) is 22.5. The van der Waals surface area contributed by atoms with Crippen molar-refractivity contribution in [2.75, 3.05) is 37.4 Å². The summed E-state index contributed by atoms with van der Waals surface area (Å²) in [5, 5.41) is 9.68. The summed E-state index contributed by atoms with van der Waals surface area (Å²) >= 11 is 0. The summed E-state index contributed by atoms with van der Waals surface area (Å²) in [5.41, 5.74) is 2.04. The lowest BCUT2D eigenvalue weighted by atomic mass is 10.2. The zero-order chi connectivity index (χ0) is 31.9. The van der Waals surface area contributed by atoms with E-state index in [1.54, 1.807) is 67.1 Å². The number of anilines is 2. The van der Waals surface area contributed by atoms with Gasteiger partial charge in [0.2, 0.25) is 11.5 Å². The summed E-state index contributed by atoms with van der Waals surface area (Å²) in [4.78, 5) is 57.5. The fourth-order valence-corrected chi connectivity index (χ4v) is 4.83. The number of rotatable bonds is 10. The third-order valence-corrected chi connectivity index (χ3v) is 6.99. The van der Waals surface area contributed by atoms with Gasteiger partial charge in [0.1, 0.15) is 23.8 Å². The van der Waals surface area contributed by atoms with E-state index >= 15 is 0 Å². The van der Waals surface area contributed by atoms with Crippen LogP contribution >= 0.6 is 0 Å². The van der Waals surface area contributed by atoms with Crippen molar-refractivity contribution < 1.29 is 23.9 Å². The van der Waals surface area contributed by atoms with E-state index in [-0.39, 0.29) is 30.6 Å². The van der Waals surface area contributed by atoms with Crippen molar-refractivity contribution in [3.8, 4) is 11.5 Å². The van der Waals surface area contributed by atoms with Crippen molar-refractivity contribution in [1.82, 2.24) is 29.8 Å². The molecule has 2 aromatic carbocycles. The van der Waals surface area contributed by atoms with E-state index in [0.29, 0.717) is 52.7 Å². The maximum Gasteiger partial charge on any atom is 0.281 e. The second-order valence-electron chi connectivity index (χ2n) is 9.97. The fraction of sp³-hybridized carbons (Fsp3) is 0.156. The minimum Gasteiger partial charge on any atom is -0.491 e. The van der Waals surface area contributed by atoms with Crippen LogP contribution in [0.5, 0.6) is 11.5 Å². The van der Waals surface area contributed by atoms with Gasteiger partial charge < -0.3 is 30.4 Å². The number of amides is 3. The number of fused-ring (bicyclic) bond motifs is 3. The van der Waals surface area contributed by atoms with E-state index in [1.165, 1.54) is 19.4 Å². The quantitative estimate of drug-likeness (QED) is 0.135. The molecule has 46 heavy (non-hydrogen) atoms. The molecule has 0 radical (unpaired) electrons. The summed E-state index contributed by atoms with van der Waals surface area (Å²) in [6, 6.07) is 13.5. The fourth-order valence-electron chi connectivity index (χ4n) is 4.83. The predicted molar refractivity (Wildman–Crippen MR) is 169 cm³/mol. The molecular formula is C32H29N9O5. The Morgan fingerprint density at radius 3 is 2.72 bits per heavy atom. The number of aromatic amines is 1. The van der Waals surface area contributed by atoms with Crippen molar-refractivity contribution in [3.05, 3.63) is 102 Å². The molecule has 14 heteroatoms. The Bertz CT molecular complexity index is 1990. The number of nitrogens with one attached hydrogen (secondary N) is 4. The van der Waals surface area contributed by atoms with Gasteiger partial charge in [-0.25, -0.2) is 9.97 Å². The highest BCUT2D eigenvalue weighted by Gasteiger charge is 2.21. The van der Waals surface area contributed by atoms with Crippen molar-refractivity contribution in [1.29, 1.82) is 0 Å². The zero-order valence-electron chi connectivity index (χ0n) is 24.7. The van der Waals surface area contributed by atoms with Crippen LogP contribution in [0.1, 0.15) is 26.5 Å². The van der Waals surface area contributed by atoms with Crippen LogP contribution in [-0.4, -0.2) is 69.0 Å². The largest absolute Gasteiger partial charge is 0.491 e. The van der Waals surface area contributed by atoms with Gasteiger partial charge >= 0.3 is 0 Å². The molecule has 1 aliphatic rings. The number of hydrogen-bond acceptors (Lipinski definition) is 9. The van der Waals surface area contributed by atoms with E-state index < -0.39 is 5.91 Å². The summed E-state index contributed by atoms with van der Waals surface area (Å²) < 4.78 is 13.5. The molecule has 232 valence electrons. The molecular weight excluding hydrogens is 590 g/mol. The first-order valence-corrected chi connectivity index (χ1v) is 14.3. The van der Waals surface area contributed by atoms with Gasteiger partial charge in [0.25, 0.3) is 11.8 Å². The van der Waals surface area contributed by atoms with Crippen molar-refractivity contribution in [3.63, 3.8) is 0 Å². The second kappa shape index (κ2) is 13.5. The number of H-pyrrole nitrogens is 1. The average molecular weight is 620 g/mol. The molecule has 3 amide bonds. The Labute approximate surface area is 262 Å². The van der Waals surface area contributed by atoms with Gasteiger partial charge in [-0.05, 0) is 54.6 Å². The summed E-state index contributed by atoms with van der Waals surface area (Å²) in [5.74, 6) is 1.06. The molecule has 0 spiro atoms. The van der Waals surface area contributed by atoms with Crippen LogP contribution in [0.15, 0.2) is 84.4 Å². The number of imidazole rings is 1. The van der Waals surface area contributed by atoms with Gasteiger partial charge in [0.15, 0.2) is 11.5 Å². The highest BCUT2D eigenvalue weighted by atomic mass is 16.5. The Hall–Kier alpha value is -6.31. The van der Waals surface area contributed by atoms with E-state index in [2.05, 4.69) is 35.9 Å². The van der Waals surface area contributed by atoms with Crippen LogP contribution in [0.4, 0.5) is 11.5 Å². The minimum absolute atomic E-state index is 0.151. The normalized spacial score (nSPS) is 12.5. The molecule has 0 unspecified atom stereocenters. The standard InChI is InChI=1S/C32H29N9O5/c1-45-28-24(9-8-23-27(28)39-32(41-17-15-36-29(23)41)40-31(44)21-3-2-12-33-19-21)46-18-16-37-30(43)20-4-6-22(7-5-20)38-26(42)11-10-25-34-13-14-35-25/h2-14,19,36H,15-18H2,1H3,(H,34,35)(H,37,43)(H,38,42). The number of nitrogens with zero attached hydrogens (tertiary/aromatic N) is 5. The predicted octanol–water partition coefficient (Wildman–Crippen LogP) is 2.79. The van der Waals surface area contributed by atoms with Crippen LogP contribution in [-0.2, 0) is 11.3 Å². The van der Waals surface area contributed by atoms with Gasteiger partial charge in [-0.3, -0.25) is 23.9 Å². The monoisotopic (exact) mass is 619 g/mol. The Balaban J connectivity index is 1.10. The maximum absolute atomic E-state index is 12.8. The summed E-state index contributed by atoms with van der Waals surface area (Å²) in [6.07, 6.45) is 9.23. The van der Waals surface area contributed by atoms with E-state index in [9.17, 15) is 14.4 Å². The van der Waals surface area contributed by atoms with Crippen molar-refractivity contribution in [2.45, 2.75) is 6.54 Å². The lowest BCUT2D eigenvalue weighted by molar-refractivity contribution is -0.111. The molecule has 1 aliphatic heterocycles. The van der Waals surface area contributed by atoms with Crippen molar-refractivity contribution >= 4 is 46.2 Å². The number of aromatic nitrogens is 5. The Morgan fingerprint density at radius 1 is 1.09 bits per heavy atom. The Kier molecular flexibility index (Phi) is 8.76. The first-order valence-electron chi connectivity index (χ1n) is 14.3. The molecule has 0 aliphatic carbocycles. The molecule has 14 nitrogen and oxygen atoms in total. The van der Waals surface area contributed by atoms with E-state index in [0.717, 1.165) is 11.2 Å². The summed E-state index contributed by atoms with van der Waals surface area (Å²) in [6.45, 7) is 1.62. The lowest BCUT2D eigenvalue weighted by Gasteiger charge is -2.15. The van der Waals surface area contributed by atoms with Gasteiger partial charge in [-0.1, -0.05) is 0 Å². The van der Waals surface area contributed by atoms with E-state index in [1.807, 2.05) is 10.6 Å². The van der Waals surface area contributed by atoms with Crippen LogP contribution in [0.3, 0.4) is 0 Å². The molecule has 4 N–H and O–H groups in total. The molecule has 0 atom stereocenters. The number of hydrogen-bond donors (Lipinski definition) is 4. The highest BCUT2D eigenvalue weighted by Crippen LogP contribution is 2.37. The molecule has 6 rings (SSSR count). The van der Waals surface area contributed by atoms with E-state index in [4.69, 9.17) is 14.5 Å². The third-order valence-electron chi connectivity index (χ3n) is 6.99. The molecule has 0 saturated heterocycles. The maximum atomic E-state index is 12.8. The number of methoxy groups -OCH3 is 1. The number of carbonyl (C=O) groups excluding carboxylic acids is 3. The van der Waals surface area contributed by atoms with Gasteiger partial charge in [0, 0.05) is 60.6 Å². The molecule has 4 heterocycles. The number of ether oxygens (including phenoxy) is 2. The second-order valence-corrected chi connectivity index (χ2v) is 9.97. The van der Waals surface area contributed by atoms with Crippen LogP contribution in [0.25, 0.3) is 17.0 Å². The minimum atomic E-state index is -0.457. The molecule has 0 saturated carbocycles. The first kappa shape index (κ1) is 29.7. The lowest BCUT2D eigenvalue weighted by Crippen LogP contribution is -2.28. The van der Waals surface area contributed by atoms with Crippen LogP contribution in [0.2, 0.25) is 0 Å². The van der Waals surface area contributed by atoms with Gasteiger partial charge in [-0.15, -0.1) is 0 Å². The topological polar surface area (TPSA) is 178 Å². The smallest absolute Gasteiger partial charge is 0.281 e. The van der Waals surface area contributed by atoms with Gasteiger partial charge in [-0.2, -0.15) is 4.99 Å². The van der Waals surface area contributed by atoms with Crippen LogP contribution < -0.4 is 31.0 Å². The number of pyridine rings is 1. The van der Waals surface area contributed by atoms with Crippen molar-refractivity contribution in [2.24, 2.45) is 4.99 Å². The Morgan fingerprint density at radius 2 is 1.96 bits per heavy atom. The molecule has 0 bridgehead atoms. The SMILES string of the molecule is COc1c(OCCNC(=O)c2ccc(NC(=O)C=Cc3ncc[nH]3)cc2)ccc2c3n(c(=NC(=O)c4cccnc4)nc12)CCN3. The van der Waals surface area contributed by atoms with Gasteiger partial charge in [0.05, 0.1) is 19.2 Å². The average Bonchev–Trinajstić information content (AvgIpc) is 3.80. The van der Waals surface area contributed by atoms with Crippen LogP contribution in [0, 0.1) is 0 Å². The zero-order valence-corrected chi connectivity index (χ0v) is 24.7. The molecule has 0 fully saturated rings. The molecule has 3 aromatic heterocycles. The third kappa shape index (κ3) is 6.60. The highest BCUT2D eigenvalue weighted by molar-refractivity contribution is 6.02. The number of carbonyl (C=O) groups is 3.